The van der Waals surface area contributed by atoms with Crippen LogP contribution in [0.1, 0.15) is 84.0 Å². The Balaban J connectivity index is 2.15. The number of rotatable bonds is 12. The number of methoxy groups -OCH3 is 1. The molecule has 31 heavy (non-hydrogen) atoms. The van der Waals surface area contributed by atoms with Crippen LogP contribution in [0.4, 0.5) is 0 Å². The van der Waals surface area contributed by atoms with Crippen molar-refractivity contribution in [3.05, 3.63) is 34.2 Å². The van der Waals surface area contributed by atoms with Gasteiger partial charge in [-0.2, -0.15) is 0 Å². The molecule has 1 aliphatic rings. The first kappa shape index (κ1) is 24.6. The van der Waals surface area contributed by atoms with Crippen molar-refractivity contribution in [1.29, 1.82) is 0 Å². The van der Waals surface area contributed by atoms with Crippen molar-refractivity contribution in [3.8, 4) is 5.75 Å². The van der Waals surface area contributed by atoms with E-state index in [1.54, 1.807) is 13.2 Å². The maximum absolute atomic E-state index is 13.3. The van der Waals surface area contributed by atoms with E-state index in [1.165, 1.54) is 55.4 Å². The molecule has 0 radical (unpaired) electrons. The summed E-state index contributed by atoms with van der Waals surface area (Å²) in [6, 6.07) is 5.95. The fourth-order valence-electron chi connectivity index (χ4n) is 5.16. The van der Waals surface area contributed by atoms with Crippen LogP contribution in [0.25, 0.3) is 11.0 Å². The molecular weight excluding hydrogens is 495 g/mol. The Morgan fingerprint density at radius 1 is 1.03 bits per heavy atom. The normalized spacial score (nSPS) is 16.8. The molecule has 1 atom stereocenters. The zero-order valence-electron chi connectivity index (χ0n) is 19.9. The molecule has 1 saturated heterocycles. The van der Waals surface area contributed by atoms with Gasteiger partial charge in [0.15, 0.2) is 0 Å². The van der Waals surface area contributed by atoms with Gasteiger partial charge in [-0.05, 0) is 0 Å². The van der Waals surface area contributed by atoms with Gasteiger partial charge >= 0.3 is 192 Å². The van der Waals surface area contributed by atoms with Crippen molar-refractivity contribution in [3.63, 3.8) is 0 Å². The molecule has 2 heterocycles. The molecule has 1 aromatic carbocycles. The summed E-state index contributed by atoms with van der Waals surface area (Å²) in [4.78, 5) is 13.3. The molecule has 1 aliphatic heterocycles. The van der Waals surface area contributed by atoms with E-state index in [1.807, 2.05) is 6.07 Å². The van der Waals surface area contributed by atoms with Gasteiger partial charge in [0.2, 0.25) is 0 Å². The number of unbranched alkanes of at least 4 members (excludes halogenated alkanes) is 3. The molecule has 0 aliphatic carbocycles. The van der Waals surface area contributed by atoms with E-state index >= 15 is 0 Å². The minimum atomic E-state index is -2.76. The van der Waals surface area contributed by atoms with E-state index < -0.39 is 18.4 Å². The maximum atomic E-state index is 13.3. The second kappa shape index (κ2) is 11.7. The third-order valence-electron chi connectivity index (χ3n) is 6.92. The molecule has 5 heteroatoms. The summed E-state index contributed by atoms with van der Waals surface area (Å²) in [5, 5.41) is 0.632. The first-order valence-corrected chi connectivity index (χ1v) is 19.8. The molecule has 1 aromatic heterocycles. The fourth-order valence-corrected chi connectivity index (χ4v) is 21.7. The van der Waals surface area contributed by atoms with Crippen molar-refractivity contribution < 1.29 is 13.9 Å². The van der Waals surface area contributed by atoms with Crippen molar-refractivity contribution >= 4 is 32.9 Å². The molecule has 2 aromatic rings. The monoisotopic (exact) mass is 536 g/mol. The topological polar surface area (TPSA) is 48.7 Å². The van der Waals surface area contributed by atoms with Gasteiger partial charge in [-0.1, -0.05) is 0 Å². The van der Waals surface area contributed by atoms with Crippen LogP contribution in [0.5, 0.6) is 5.75 Å². The van der Waals surface area contributed by atoms with E-state index in [0.717, 1.165) is 25.2 Å². The summed E-state index contributed by atoms with van der Waals surface area (Å²) in [7, 11) is 1.72. The Kier molecular flexibility index (Phi) is 9.32. The van der Waals surface area contributed by atoms with Crippen LogP contribution in [0, 0.1) is 0 Å². The van der Waals surface area contributed by atoms with Crippen LogP contribution >= 0.6 is 0 Å². The third-order valence-corrected chi connectivity index (χ3v) is 22.5. The molecule has 0 spiro atoms. The Morgan fingerprint density at radius 3 is 2.19 bits per heavy atom. The Morgan fingerprint density at radius 2 is 1.68 bits per heavy atom. The first-order valence-electron chi connectivity index (χ1n) is 12.4. The standard InChI is InChI=1S/C14H13O4.3C4H9.Sn/c1-16-11-4-2-5-12-14(11)9(15)8-13(18-12)10-6-3-7-17-10;3*1-3-4-2;/h2,5,8,10H,3,6-7H2,1H3;3*1,3-4H2,2H3;. The van der Waals surface area contributed by atoms with E-state index in [2.05, 4.69) is 26.8 Å². The van der Waals surface area contributed by atoms with Crippen molar-refractivity contribution in [1.82, 2.24) is 0 Å². The Bertz CT molecular complexity index is 876. The Labute approximate surface area is 191 Å². The first-order chi connectivity index (χ1) is 15.1. The summed E-state index contributed by atoms with van der Waals surface area (Å²) in [5.41, 5.74) is 0.646. The molecule has 3 rings (SSSR count). The average Bonchev–Trinajstić information content (AvgIpc) is 3.33. The third kappa shape index (κ3) is 5.49. The molecule has 0 saturated carbocycles. The van der Waals surface area contributed by atoms with E-state index in [0.29, 0.717) is 16.7 Å². The predicted molar refractivity (Wildman–Crippen MR) is 131 cm³/mol. The minimum absolute atomic E-state index is 0.00659. The van der Waals surface area contributed by atoms with Crippen LogP contribution in [0.15, 0.2) is 27.4 Å². The molecule has 0 N–H and O–H groups in total. The predicted octanol–water partition coefficient (Wildman–Crippen LogP) is 6.71. The number of benzene rings is 1. The van der Waals surface area contributed by atoms with Gasteiger partial charge in [0.1, 0.15) is 0 Å². The quantitative estimate of drug-likeness (QED) is 0.284. The van der Waals surface area contributed by atoms with E-state index in [9.17, 15) is 4.79 Å². The summed E-state index contributed by atoms with van der Waals surface area (Å²) in [6.45, 7) is 7.59. The number of ether oxygens (including phenoxy) is 2. The van der Waals surface area contributed by atoms with Crippen molar-refractivity contribution in [2.75, 3.05) is 13.7 Å². The van der Waals surface area contributed by atoms with Crippen LogP contribution in [0.2, 0.25) is 13.3 Å². The van der Waals surface area contributed by atoms with Crippen molar-refractivity contribution in [2.24, 2.45) is 0 Å². The average molecular weight is 535 g/mol. The fraction of sp³-hybridized carbons (Fsp3) is 0.654. The molecule has 0 amide bonds. The zero-order chi connectivity index (χ0) is 22.3. The van der Waals surface area contributed by atoms with Gasteiger partial charge in [-0.3, -0.25) is 0 Å². The van der Waals surface area contributed by atoms with E-state index in [4.69, 9.17) is 13.9 Å². The SMILES string of the molecule is CCC[CH2][Sn]([CH2]CCC)([CH2]CCC)[c]1ccc2oc(C3CCCO3)cc(=O)c2c1OC. The summed E-state index contributed by atoms with van der Waals surface area (Å²) in [5.74, 6) is 1.46. The molecular formula is C26H40O4Sn. The van der Waals surface area contributed by atoms with Crippen LogP contribution in [-0.2, 0) is 4.74 Å². The van der Waals surface area contributed by atoms with Crippen molar-refractivity contribution in [2.45, 2.75) is 91.6 Å². The van der Waals surface area contributed by atoms with E-state index in [-0.39, 0.29) is 11.5 Å². The van der Waals surface area contributed by atoms with Gasteiger partial charge in [0.25, 0.3) is 0 Å². The molecule has 1 unspecified atom stereocenters. The Hall–Kier alpha value is -1.01. The van der Waals surface area contributed by atoms with Gasteiger partial charge < -0.3 is 0 Å². The number of hydrogen-bond acceptors (Lipinski definition) is 4. The van der Waals surface area contributed by atoms with Gasteiger partial charge in [-0.15, -0.1) is 0 Å². The second-order valence-corrected chi connectivity index (χ2v) is 22.3. The van der Waals surface area contributed by atoms with Gasteiger partial charge in [0, 0.05) is 0 Å². The van der Waals surface area contributed by atoms with Crippen LogP contribution in [-0.4, -0.2) is 32.1 Å². The summed E-state index contributed by atoms with van der Waals surface area (Å²) < 4.78 is 23.4. The molecule has 0 bridgehead atoms. The second-order valence-electron chi connectivity index (χ2n) is 9.13. The molecule has 172 valence electrons. The summed E-state index contributed by atoms with van der Waals surface area (Å²) >= 11 is -2.76. The zero-order valence-corrected chi connectivity index (χ0v) is 22.8. The number of hydrogen-bond donors (Lipinski definition) is 0. The van der Waals surface area contributed by atoms with Crippen LogP contribution < -0.4 is 13.7 Å². The molecule has 1 fully saturated rings. The summed E-state index contributed by atoms with van der Waals surface area (Å²) in [6.07, 6.45) is 9.32. The van der Waals surface area contributed by atoms with Gasteiger partial charge in [0.05, 0.1) is 0 Å². The molecule has 4 nitrogen and oxygen atoms in total. The van der Waals surface area contributed by atoms with Gasteiger partial charge in [-0.25, -0.2) is 0 Å². The number of fused-ring (bicyclic) bond motifs is 1. The van der Waals surface area contributed by atoms with Crippen LogP contribution in [0.3, 0.4) is 0 Å².